The zero-order valence-electron chi connectivity index (χ0n) is 7.42. The Kier molecular flexibility index (Phi) is 3.35. The molecule has 70 valence electrons. The van der Waals surface area contributed by atoms with Crippen molar-refractivity contribution in [1.82, 2.24) is 4.90 Å². The van der Waals surface area contributed by atoms with Gasteiger partial charge in [-0.15, -0.1) is 11.6 Å². The van der Waals surface area contributed by atoms with Gasteiger partial charge in [0.2, 0.25) is 5.91 Å². The summed E-state index contributed by atoms with van der Waals surface area (Å²) in [4.78, 5) is 13.0. The monoisotopic (exact) mass is 191 g/mol. The lowest BCUT2D eigenvalue weighted by Gasteiger charge is -2.34. The molecule has 2 atom stereocenters. The SMILES string of the molecule is CC1CN(C(=O)CCl)CC(C)O1. The number of carbonyl (C=O) groups excluding carboxylic acids is 1. The van der Waals surface area contributed by atoms with E-state index in [0.29, 0.717) is 13.1 Å². The summed E-state index contributed by atoms with van der Waals surface area (Å²) in [7, 11) is 0. The average Bonchev–Trinajstić information content (AvgIpc) is 2.01. The summed E-state index contributed by atoms with van der Waals surface area (Å²) >= 11 is 5.45. The van der Waals surface area contributed by atoms with Crippen LogP contribution in [0.25, 0.3) is 0 Å². The van der Waals surface area contributed by atoms with Crippen molar-refractivity contribution < 1.29 is 9.53 Å². The fourth-order valence-corrected chi connectivity index (χ4v) is 1.64. The van der Waals surface area contributed by atoms with Gasteiger partial charge in [0, 0.05) is 13.1 Å². The van der Waals surface area contributed by atoms with E-state index >= 15 is 0 Å². The number of alkyl halides is 1. The van der Waals surface area contributed by atoms with E-state index in [0.717, 1.165) is 0 Å². The minimum Gasteiger partial charge on any atom is -0.372 e. The highest BCUT2D eigenvalue weighted by Crippen LogP contribution is 2.10. The molecular weight excluding hydrogens is 178 g/mol. The second kappa shape index (κ2) is 4.10. The highest BCUT2D eigenvalue weighted by atomic mass is 35.5. The van der Waals surface area contributed by atoms with Gasteiger partial charge in [0.25, 0.3) is 0 Å². The van der Waals surface area contributed by atoms with Gasteiger partial charge in [0.05, 0.1) is 12.2 Å². The summed E-state index contributed by atoms with van der Waals surface area (Å²) in [5.41, 5.74) is 0. The minimum absolute atomic E-state index is 0.00123. The Morgan fingerprint density at radius 2 is 2.00 bits per heavy atom. The Balaban J connectivity index is 2.49. The number of hydrogen-bond donors (Lipinski definition) is 0. The van der Waals surface area contributed by atoms with Crippen LogP contribution in [-0.4, -0.2) is 42.0 Å². The first-order valence-electron chi connectivity index (χ1n) is 4.12. The van der Waals surface area contributed by atoms with Gasteiger partial charge in [-0.25, -0.2) is 0 Å². The molecule has 0 aromatic carbocycles. The first-order chi connectivity index (χ1) is 5.63. The van der Waals surface area contributed by atoms with E-state index in [2.05, 4.69) is 0 Å². The molecule has 0 aromatic rings. The highest BCUT2D eigenvalue weighted by molar-refractivity contribution is 6.27. The molecule has 0 spiro atoms. The van der Waals surface area contributed by atoms with Crippen LogP contribution < -0.4 is 0 Å². The fourth-order valence-electron chi connectivity index (χ4n) is 1.47. The average molecular weight is 192 g/mol. The molecule has 12 heavy (non-hydrogen) atoms. The second-order valence-corrected chi connectivity index (χ2v) is 3.46. The normalized spacial score (nSPS) is 30.4. The molecule has 0 radical (unpaired) electrons. The van der Waals surface area contributed by atoms with Crippen LogP contribution in [0.4, 0.5) is 0 Å². The van der Waals surface area contributed by atoms with Crippen LogP contribution in [-0.2, 0) is 9.53 Å². The van der Waals surface area contributed by atoms with Crippen molar-refractivity contribution in [2.75, 3.05) is 19.0 Å². The Morgan fingerprint density at radius 1 is 1.50 bits per heavy atom. The summed E-state index contributed by atoms with van der Waals surface area (Å²) in [5.74, 6) is 0.0677. The lowest BCUT2D eigenvalue weighted by molar-refractivity contribution is -0.140. The van der Waals surface area contributed by atoms with Gasteiger partial charge in [-0.1, -0.05) is 0 Å². The third-order valence-corrected chi connectivity index (χ3v) is 2.12. The lowest BCUT2D eigenvalue weighted by Crippen LogP contribution is -2.48. The van der Waals surface area contributed by atoms with Gasteiger partial charge < -0.3 is 9.64 Å². The van der Waals surface area contributed by atoms with E-state index in [1.54, 1.807) is 4.90 Å². The quantitative estimate of drug-likeness (QED) is 0.576. The first kappa shape index (κ1) is 9.81. The maximum Gasteiger partial charge on any atom is 0.237 e. The van der Waals surface area contributed by atoms with Crippen LogP contribution >= 0.6 is 11.6 Å². The number of amides is 1. The van der Waals surface area contributed by atoms with Gasteiger partial charge >= 0.3 is 0 Å². The van der Waals surface area contributed by atoms with E-state index in [1.807, 2.05) is 13.8 Å². The Labute approximate surface area is 77.6 Å². The maximum atomic E-state index is 11.2. The van der Waals surface area contributed by atoms with E-state index in [9.17, 15) is 4.79 Å². The topological polar surface area (TPSA) is 29.5 Å². The van der Waals surface area contributed by atoms with Crippen LogP contribution in [0.2, 0.25) is 0 Å². The van der Waals surface area contributed by atoms with Gasteiger partial charge in [0.1, 0.15) is 5.88 Å². The predicted molar refractivity (Wildman–Crippen MR) is 47.3 cm³/mol. The number of ether oxygens (including phenoxy) is 1. The zero-order chi connectivity index (χ0) is 9.14. The minimum atomic E-state index is -0.00123. The van der Waals surface area contributed by atoms with Crippen molar-refractivity contribution in [3.05, 3.63) is 0 Å². The van der Waals surface area contributed by atoms with Crippen LogP contribution in [0, 0.1) is 0 Å². The van der Waals surface area contributed by atoms with Gasteiger partial charge in [-0.05, 0) is 13.8 Å². The van der Waals surface area contributed by atoms with Crippen LogP contribution in [0.15, 0.2) is 0 Å². The van der Waals surface area contributed by atoms with Crippen molar-refractivity contribution in [3.63, 3.8) is 0 Å². The van der Waals surface area contributed by atoms with Gasteiger partial charge in [-0.2, -0.15) is 0 Å². The molecule has 0 N–H and O–H groups in total. The lowest BCUT2D eigenvalue weighted by atomic mass is 10.2. The molecule has 1 rings (SSSR count). The Morgan fingerprint density at radius 3 is 2.42 bits per heavy atom. The van der Waals surface area contributed by atoms with Crippen molar-refractivity contribution in [1.29, 1.82) is 0 Å². The summed E-state index contributed by atoms with van der Waals surface area (Å²) in [6.07, 6.45) is 0.252. The fraction of sp³-hybridized carbons (Fsp3) is 0.875. The molecule has 2 unspecified atom stereocenters. The highest BCUT2D eigenvalue weighted by Gasteiger charge is 2.24. The number of rotatable bonds is 1. The zero-order valence-corrected chi connectivity index (χ0v) is 8.17. The second-order valence-electron chi connectivity index (χ2n) is 3.19. The number of halogens is 1. The summed E-state index contributed by atoms with van der Waals surface area (Å²) in [6.45, 7) is 5.25. The van der Waals surface area contributed by atoms with Crippen LogP contribution in [0.5, 0.6) is 0 Å². The van der Waals surface area contributed by atoms with E-state index < -0.39 is 0 Å². The third-order valence-electron chi connectivity index (χ3n) is 1.89. The molecule has 1 amide bonds. The molecule has 0 saturated carbocycles. The summed E-state index contributed by atoms with van der Waals surface area (Å²) < 4.78 is 5.47. The number of nitrogens with zero attached hydrogens (tertiary/aromatic N) is 1. The largest absolute Gasteiger partial charge is 0.372 e. The van der Waals surface area contributed by atoms with Crippen molar-refractivity contribution in [2.45, 2.75) is 26.1 Å². The molecule has 3 nitrogen and oxygen atoms in total. The number of carbonyl (C=O) groups is 1. The standard InChI is InChI=1S/C8H14ClNO2/c1-6-4-10(8(11)3-9)5-7(2)12-6/h6-7H,3-5H2,1-2H3. The smallest absolute Gasteiger partial charge is 0.237 e. The molecule has 1 fully saturated rings. The number of hydrogen-bond acceptors (Lipinski definition) is 2. The Bertz CT molecular complexity index is 164. The molecule has 1 aliphatic heterocycles. The van der Waals surface area contributed by atoms with E-state index in [4.69, 9.17) is 16.3 Å². The summed E-state index contributed by atoms with van der Waals surface area (Å²) in [6, 6.07) is 0. The van der Waals surface area contributed by atoms with Gasteiger partial charge in [-0.3, -0.25) is 4.79 Å². The molecule has 1 heterocycles. The summed E-state index contributed by atoms with van der Waals surface area (Å²) in [5, 5.41) is 0. The van der Waals surface area contributed by atoms with Crippen molar-refractivity contribution in [2.24, 2.45) is 0 Å². The van der Waals surface area contributed by atoms with Crippen LogP contribution in [0.1, 0.15) is 13.8 Å². The molecular formula is C8H14ClNO2. The molecule has 4 heteroatoms. The van der Waals surface area contributed by atoms with Crippen molar-refractivity contribution in [3.8, 4) is 0 Å². The molecule has 1 saturated heterocycles. The van der Waals surface area contributed by atoms with E-state index in [-0.39, 0.29) is 24.0 Å². The third kappa shape index (κ3) is 2.35. The maximum absolute atomic E-state index is 11.2. The van der Waals surface area contributed by atoms with Gasteiger partial charge in [0.15, 0.2) is 0 Å². The first-order valence-corrected chi connectivity index (χ1v) is 4.66. The van der Waals surface area contributed by atoms with E-state index in [1.165, 1.54) is 0 Å². The molecule has 0 bridgehead atoms. The predicted octanol–water partition coefficient (Wildman–Crippen LogP) is 0.861. The van der Waals surface area contributed by atoms with Crippen LogP contribution in [0.3, 0.4) is 0 Å². The molecule has 0 aliphatic carbocycles. The molecule has 1 aliphatic rings. The Hall–Kier alpha value is -0.280. The van der Waals surface area contributed by atoms with Crippen molar-refractivity contribution >= 4 is 17.5 Å². The molecule has 0 aromatic heterocycles. The number of morpholine rings is 1.